The fraction of sp³-hybridized carbons (Fsp3) is 0.861. The Kier molecular flexibility index (Phi) is 8.18. The van der Waals surface area contributed by atoms with Crippen LogP contribution >= 0.6 is 0 Å². The van der Waals surface area contributed by atoms with Crippen LogP contribution in [0, 0.1) is 50.7 Å². The number of ketones is 1. The van der Waals surface area contributed by atoms with Crippen LogP contribution in [-0.4, -0.2) is 46.5 Å². The van der Waals surface area contributed by atoms with Gasteiger partial charge in [-0.1, -0.05) is 48.5 Å². The Hall–Kier alpha value is -1.67. The Morgan fingerprint density at radius 3 is 2.23 bits per heavy atom. The number of carboxylic acid groups (broad SMARTS) is 1. The van der Waals surface area contributed by atoms with E-state index in [9.17, 15) is 24.5 Å². The van der Waals surface area contributed by atoms with E-state index in [1.165, 1.54) is 5.57 Å². The molecule has 4 fully saturated rings. The van der Waals surface area contributed by atoms with E-state index < -0.39 is 29.9 Å². The normalized spacial score (nSPS) is 41.4. The van der Waals surface area contributed by atoms with Gasteiger partial charge in [-0.3, -0.25) is 14.4 Å². The van der Waals surface area contributed by atoms with Gasteiger partial charge < -0.3 is 20.1 Å². The van der Waals surface area contributed by atoms with Gasteiger partial charge in [-0.25, -0.2) is 0 Å². The number of ether oxygens (including phenoxy) is 1. The van der Waals surface area contributed by atoms with Crippen LogP contribution in [0.4, 0.5) is 0 Å². The third-order valence-electron chi connectivity index (χ3n) is 14.3. The first kappa shape index (κ1) is 33.7. The van der Waals surface area contributed by atoms with Gasteiger partial charge in [-0.05, 0) is 123 Å². The summed E-state index contributed by atoms with van der Waals surface area (Å²) in [5.41, 5.74) is 0.850. The van der Waals surface area contributed by atoms with Gasteiger partial charge >= 0.3 is 19.0 Å². The quantitative estimate of drug-likeness (QED) is 0.214. The van der Waals surface area contributed by atoms with Crippen molar-refractivity contribution in [2.24, 2.45) is 50.7 Å². The Morgan fingerprint density at radius 2 is 1.64 bits per heavy atom. The highest BCUT2D eigenvalue weighted by Crippen LogP contribution is 2.76. The maximum Gasteiger partial charge on any atom is 0.374 e. The number of carbonyl (C=O) groups excluding carboxylic acids is 2. The van der Waals surface area contributed by atoms with E-state index in [0.29, 0.717) is 24.2 Å². The van der Waals surface area contributed by atoms with Crippen molar-refractivity contribution >= 4 is 24.8 Å². The molecule has 7 nitrogen and oxygen atoms in total. The Labute approximate surface area is 265 Å². The molecule has 0 heterocycles. The summed E-state index contributed by atoms with van der Waals surface area (Å²) in [5.74, 6) is 0.249. The molecule has 0 unspecified atom stereocenters. The largest absolute Gasteiger partial charge is 0.481 e. The highest BCUT2D eigenvalue weighted by Gasteiger charge is 2.70. The third-order valence-corrected chi connectivity index (χ3v) is 14.3. The number of Topliss-reactive ketones (excluding diaryl/α,β-unsaturated/α-hetero) is 1. The molecule has 0 saturated heterocycles. The Balaban J connectivity index is 1.47. The molecule has 3 N–H and O–H groups in total. The van der Waals surface area contributed by atoms with Crippen molar-refractivity contribution in [2.45, 2.75) is 145 Å². The number of rotatable bonds is 7. The second-order valence-electron chi connectivity index (χ2n) is 17.8. The van der Waals surface area contributed by atoms with Gasteiger partial charge in [0.1, 0.15) is 6.10 Å². The van der Waals surface area contributed by atoms with Crippen LogP contribution < -0.4 is 5.23 Å². The van der Waals surface area contributed by atoms with E-state index in [0.717, 1.165) is 56.9 Å². The van der Waals surface area contributed by atoms with E-state index in [1.54, 1.807) is 20.7 Å². The van der Waals surface area contributed by atoms with Gasteiger partial charge in [0.15, 0.2) is 5.78 Å². The van der Waals surface area contributed by atoms with Gasteiger partial charge in [-0.2, -0.15) is 0 Å². The molecule has 0 aliphatic heterocycles. The van der Waals surface area contributed by atoms with Crippen molar-refractivity contribution in [3.8, 4) is 0 Å². The monoisotopic (exact) mass is 611 g/mol. The molecule has 0 aromatic heterocycles. The van der Waals surface area contributed by atoms with Crippen molar-refractivity contribution in [1.82, 2.24) is 5.23 Å². The second-order valence-corrected chi connectivity index (χ2v) is 17.8. The first-order valence-electron chi connectivity index (χ1n) is 17.3. The van der Waals surface area contributed by atoms with Gasteiger partial charge in [0.05, 0.1) is 11.8 Å². The second kappa shape index (κ2) is 10.7. The predicted octanol–water partition coefficient (Wildman–Crippen LogP) is 6.83. The summed E-state index contributed by atoms with van der Waals surface area (Å²) in [6.45, 7) is 21.6. The summed E-state index contributed by atoms with van der Waals surface area (Å²) in [6.07, 6.45) is 8.03. The van der Waals surface area contributed by atoms with Crippen LogP contribution in [-0.2, 0) is 19.1 Å². The van der Waals surface area contributed by atoms with Crippen molar-refractivity contribution in [1.29, 1.82) is 0 Å². The number of carbonyl (C=O) groups is 3. The smallest absolute Gasteiger partial charge is 0.374 e. The Morgan fingerprint density at radius 1 is 0.977 bits per heavy atom. The van der Waals surface area contributed by atoms with Crippen molar-refractivity contribution in [3.05, 3.63) is 11.1 Å². The average molecular weight is 612 g/mol. The zero-order valence-electron chi connectivity index (χ0n) is 29.1. The molecular formula is C36H58BNO6. The number of aliphatic carboxylic acids is 1. The summed E-state index contributed by atoms with van der Waals surface area (Å²) in [5, 5.41) is 23.4. The summed E-state index contributed by atoms with van der Waals surface area (Å²) < 4.78 is 6.20. The van der Waals surface area contributed by atoms with Crippen LogP contribution in [0.2, 0.25) is 6.82 Å². The van der Waals surface area contributed by atoms with Crippen LogP contribution in [0.5, 0.6) is 0 Å². The van der Waals surface area contributed by atoms with Crippen LogP contribution in [0.3, 0.4) is 0 Å². The number of esters is 1. The maximum atomic E-state index is 13.6. The lowest BCUT2D eigenvalue weighted by atomic mass is 9.33. The minimum Gasteiger partial charge on any atom is -0.481 e. The first-order valence-corrected chi connectivity index (χ1v) is 17.3. The molecule has 5 aliphatic rings. The number of allylic oxidation sites excluding steroid dienone is 1. The average Bonchev–Trinajstić information content (AvgIpc) is 3.16. The number of hydrogen-bond acceptors (Lipinski definition) is 6. The molecule has 4 saturated carbocycles. The number of nitrogens with one attached hydrogen (secondary N) is 1. The molecule has 44 heavy (non-hydrogen) atoms. The van der Waals surface area contributed by atoms with E-state index >= 15 is 0 Å². The summed E-state index contributed by atoms with van der Waals surface area (Å²) in [4.78, 5) is 38.2. The Bertz CT molecular complexity index is 1250. The molecular weight excluding hydrogens is 553 g/mol. The van der Waals surface area contributed by atoms with Crippen LogP contribution in [0.1, 0.15) is 127 Å². The number of carboxylic acids is 1. The number of fused-ring (bicyclic) bond motifs is 7. The molecule has 0 amide bonds. The molecule has 8 atom stereocenters. The zero-order chi connectivity index (χ0) is 32.8. The highest BCUT2D eigenvalue weighted by molar-refractivity contribution is 6.46. The fourth-order valence-corrected chi connectivity index (χ4v) is 12.1. The molecule has 5 aliphatic carbocycles. The highest BCUT2D eigenvalue weighted by atomic mass is 16.5. The van der Waals surface area contributed by atoms with E-state index in [2.05, 4.69) is 53.7 Å². The lowest BCUT2D eigenvalue weighted by Crippen LogP contribution is -2.67. The fourth-order valence-electron chi connectivity index (χ4n) is 12.1. The summed E-state index contributed by atoms with van der Waals surface area (Å²) in [6, 6.07) is 0. The molecule has 8 heteroatoms. The molecule has 5 rings (SSSR count). The number of hydrogen-bond donors (Lipinski definition) is 3. The van der Waals surface area contributed by atoms with E-state index in [1.807, 2.05) is 0 Å². The van der Waals surface area contributed by atoms with Crippen molar-refractivity contribution < 1.29 is 29.3 Å². The van der Waals surface area contributed by atoms with E-state index in [-0.39, 0.29) is 45.9 Å². The third kappa shape index (κ3) is 4.77. The lowest BCUT2D eigenvalue weighted by Gasteiger charge is -2.72. The molecule has 0 bridgehead atoms. The first-order chi connectivity index (χ1) is 20.2. The van der Waals surface area contributed by atoms with Crippen LogP contribution in [0.25, 0.3) is 0 Å². The minimum atomic E-state index is -1.06. The van der Waals surface area contributed by atoms with Gasteiger partial charge in [0.2, 0.25) is 0 Å². The predicted molar refractivity (Wildman–Crippen MR) is 173 cm³/mol. The van der Waals surface area contributed by atoms with Crippen molar-refractivity contribution in [3.63, 3.8) is 0 Å². The van der Waals surface area contributed by atoms with Gasteiger partial charge in [-0.15, -0.1) is 0 Å². The van der Waals surface area contributed by atoms with Crippen molar-refractivity contribution in [2.75, 3.05) is 0 Å². The minimum absolute atomic E-state index is 0.0438. The molecule has 0 aromatic carbocycles. The summed E-state index contributed by atoms with van der Waals surface area (Å²) in [7, 11) is -0.670. The van der Waals surface area contributed by atoms with Gasteiger partial charge in [0, 0.05) is 17.4 Å². The van der Waals surface area contributed by atoms with Gasteiger partial charge in [0.25, 0.3) is 0 Å². The van der Waals surface area contributed by atoms with Crippen LogP contribution in [0.15, 0.2) is 11.1 Å². The molecule has 246 valence electrons. The topological polar surface area (TPSA) is 113 Å². The summed E-state index contributed by atoms with van der Waals surface area (Å²) >= 11 is 0. The lowest BCUT2D eigenvalue weighted by molar-refractivity contribution is -0.233. The zero-order valence-corrected chi connectivity index (χ0v) is 29.1. The molecule has 0 spiro atoms. The SMILES string of the molecule is CB(O)N[C@@]12CC[C@]3(C)[C@H](CC[C@@H]4[C@@]5(C)CC[C@H](OC(=O)C(C)(C)CC(=O)O)C(C)(C)[C@@H]5CC[C@]43C)C1=C(C(C)C)C(=O)C2. The molecule has 0 aromatic rings. The standard InChI is InChI=1S/C36H58BNO6/c1-21(2)28-23(39)19-36(38-37(10)43)18-17-34(8)22(29(28)36)11-12-25-33(7)15-14-26(44-30(42)31(3,4)20-27(40)41)32(5,6)24(33)13-16-35(25,34)9/h21-22,24-26,38,43H,11-20H2,1-10H3,(H,40,41)/t22-,24+,25-,26+,33+,34-,35-,36-/m1/s1. The maximum absolute atomic E-state index is 13.6. The molecule has 0 radical (unpaired) electrons. The van der Waals surface area contributed by atoms with E-state index in [4.69, 9.17) is 4.74 Å².